The van der Waals surface area contributed by atoms with E-state index in [1.807, 2.05) is 12.1 Å². The zero-order chi connectivity index (χ0) is 20.4. The molecule has 0 unspecified atom stereocenters. The molecular formula is C23H27N3O3. The molecule has 1 aromatic carbocycles. The van der Waals surface area contributed by atoms with E-state index in [1.54, 1.807) is 7.11 Å². The van der Waals surface area contributed by atoms with Crippen LogP contribution in [0.1, 0.15) is 44.6 Å². The summed E-state index contributed by atoms with van der Waals surface area (Å²) in [6.45, 7) is 3.10. The molecule has 4 atom stereocenters. The van der Waals surface area contributed by atoms with Crippen molar-refractivity contribution in [2.75, 3.05) is 26.1 Å². The molecule has 3 heterocycles. The number of hydrogen-bond donors (Lipinski definition) is 1. The second-order valence-electron chi connectivity index (χ2n) is 8.82. The quantitative estimate of drug-likeness (QED) is 0.794. The number of piperidine rings is 1. The third kappa shape index (κ3) is 2.17. The minimum Gasteiger partial charge on any atom is -0.497 e. The van der Waals surface area contributed by atoms with Crippen molar-refractivity contribution >= 4 is 11.7 Å². The fourth-order valence-electron chi connectivity index (χ4n) is 6.76. The summed E-state index contributed by atoms with van der Waals surface area (Å²) in [5, 5.41) is 13.4. The number of carbonyl (C=O) groups is 1. The fourth-order valence-corrected chi connectivity index (χ4v) is 6.76. The largest absolute Gasteiger partial charge is 0.497 e. The van der Waals surface area contributed by atoms with Crippen molar-refractivity contribution in [3.8, 4) is 11.8 Å². The lowest BCUT2D eigenvalue weighted by Gasteiger charge is -2.57. The van der Waals surface area contributed by atoms with Crippen LogP contribution in [0.2, 0.25) is 0 Å². The molecule has 0 bridgehead atoms. The number of anilines is 1. The molecule has 1 spiro atoms. The van der Waals surface area contributed by atoms with Gasteiger partial charge in [0.15, 0.2) is 0 Å². The Bertz CT molecular complexity index is 965. The first kappa shape index (κ1) is 18.5. The van der Waals surface area contributed by atoms with Gasteiger partial charge in [0.2, 0.25) is 0 Å². The maximum atomic E-state index is 12.9. The number of nitriles is 1. The highest BCUT2D eigenvalue weighted by molar-refractivity contribution is 5.93. The second-order valence-corrected chi connectivity index (χ2v) is 8.82. The SMILES string of the molecule is CC[C@]12CC[C@@H](C#N)N3CC[C@]4(C(=C(C(=O)OC)C1)Nc1cc(OC)ccc14)[C@@H]32. The first-order valence-electron chi connectivity index (χ1n) is 10.5. The first-order chi connectivity index (χ1) is 14.0. The van der Waals surface area contributed by atoms with Crippen molar-refractivity contribution < 1.29 is 14.3 Å². The van der Waals surface area contributed by atoms with Crippen LogP contribution in [0.5, 0.6) is 5.75 Å². The van der Waals surface area contributed by atoms with Gasteiger partial charge in [-0.2, -0.15) is 5.26 Å². The van der Waals surface area contributed by atoms with Crippen molar-refractivity contribution in [3.05, 3.63) is 35.0 Å². The Morgan fingerprint density at radius 3 is 2.90 bits per heavy atom. The smallest absolute Gasteiger partial charge is 0.335 e. The van der Waals surface area contributed by atoms with Gasteiger partial charge in [0.1, 0.15) is 5.75 Å². The van der Waals surface area contributed by atoms with Crippen LogP contribution in [0.3, 0.4) is 0 Å². The summed E-state index contributed by atoms with van der Waals surface area (Å²) in [6, 6.07) is 8.88. The monoisotopic (exact) mass is 393 g/mol. The van der Waals surface area contributed by atoms with Gasteiger partial charge < -0.3 is 14.8 Å². The van der Waals surface area contributed by atoms with E-state index in [-0.39, 0.29) is 28.9 Å². The molecule has 0 saturated carbocycles. The summed E-state index contributed by atoms with van der Waals surface area (Å²) in [5.41, 5.74) is 3.67. The van der Waals surface area contributed by atoms with Gasteiger partial charge in [-0.1, -0.05) is 13.0 Å². The Morgan fingerprint density at radius 1 is 1.38 bits per heavy atom. The number of hydrogen-bond acceptors (Lipinski definition) is 6. The highest BCUT2D eigenvalue weighted by atomic mass is 16.5. The van der Waals surface area contributed by atoms with E-state index < -0.39 is 0 Å². The molecular weight excluding hydrogens is 366 g/mol. The van der Waals surface area contributed by atoms with E-state index in [4.69, 9.17) is 9.47 Å². The number of nitrogens with zero attached hydrogens (tertiary/aromatic N) is 2. The van der Waals surface area contributed by atoms with Crippen LogP contribution >= 0.6 is 0 Å². The number of carbonyl (C=O) groups excluding carboxylic acids is 1. The second kappa shape index (κ2) is 6.24. The Labute approximate surface area is 171 Å². The van der Waals surface area contributed by atoms with Crippen LogP contribution in [0, 0.1) is 16.7 Å². The molecule has 3 aliphatic heterocycles. The van der Waals surface area contributed by atoms with E-state index >= 15 is 0 Å². The maximum Gasteiger partial charge on any atom is 0.335 e. The van der Waals surface area contributed by atoms with Crippen molar-refractivity contribution in [1.82, 2.24) is 4.90 Å². The molecule has 4 aliphatic rings. The van der Waals surface area contributed by atoms with Gasteiger partial charge >= 0.3 is 5.97 Å². The third-order valence-electron chi connectivity index (χ3n) is 7.99. The average Bonchev–Trinajstić information content (AvgIpc) is 3.32. The molecule has 6 nitrogen and oxygen atoms in total. The van der Waals surface area contributed by atoms with Crippen molar-refractivity contribution in [3.63, 3.8) is 0 Å². The van der Waals surface area contributed by atoms with Gasteiger partial charge in [0.25, 0.3) is 0 Å². The molecule has 29 heavy (non-hydrogen) atoms. The zero-order valence-electron chi connectivity index (χ0n) is 17.2. The van der Waals surface area contributed by atoms with Crippen LogP contribution in [-0.4, -0.2) is 43.7 Å². The molecule has 0 aromatic heterocycles. The third-order valence-corrected chi connectivity index (χ3v) is 7.99. The van der Waals surface area contributed by atoms with Crippen molar-refractivity contribution in [2.24, 2.45) is 5.41 Å². The van der Waals surface area contributed by atoms with Crippen LogP contribution in [0.25, 0.3) is 0 Å². The summed E-state index contributed by atoms with van der Waals surface area (Å²) in [6.07, 6.45) is 4.41. The summed E-state index contributed by atoms with van der Waals surface area (Å²) >= 11 is 0. The number of rotatable bonds is 3. The maximum absolute atomic E-state index is 12.9. The van der Waals surface area contributed by atoms with Crippen molar-refractivity contribution in [2.45, 2.75) is 56.5 Å². The van der Waals surface area contributed by atoms with Gasteiger partial charge in [0.05, 0.1) is 37.3 Å². The minimum atomic E-state index is -0.297. The highest BCUT2D eigenvalue weighted by Crippen LogP contribution is 2.66. The lowest BCUT2D eigenvalue weighted by atomic mass is 9.53. The lowest BCUT2D eigenvalue weighted by molar-refractivity contribution is -0.137. The first-order valence-corrected chi connectivity index (χ1v) is 10.5. The topological polar surface area (TPSA) is 74.6 Å². The number of fused-ring (bicyclic) bond motifs is 1. The van der Waals surface area contributed by atoms with Gasteiger partial charge in [-0.25, -0.2) is 4.79 Å². The van der Waals surface area contributed by atoms with Gasteiger partial charge in [-0.05, 0) is 49.1 Å². The van der Waals surface area contributed by atoms with Crippen LogP contribution < -0.4 is 10.1 Å². The molecule has 5 rings (SSSR count). The summed E-state index contributed by atoms with van der Waals surface area (Å²) in [4.78, 5) is 15.3. The minimum absolute atomic E-state index is 0.0277. The Morgan fingerprint density at radius 2 is 2.21 bits per heavy atom. The summed E-state index contributed by atoms with van der Waals surface area (Å²) < 4.78 is 10.7. The standard InChI is InChI=1S/C23H27N3O3/c1-4-22-8-7-14(13-24)26-10-9-23(21(22)26)17-6-5-15(28-2)11-18(17)25-19(23)16(12-22)20(27)29-3/h5-6,11,14,21,25H,4,7-10,12H2,1-3H3/t14-,21-,22-,23-/m0/s1. The zero-order valence-corrected chi connectivity index (χ0v) is 17.2. The number of esters is 1. The molecule has 2 saturated heterocycles. The Kier molecular flexibility index (Phi) is 3.98. The number of benzene rings is 1. The van der Waals surface area contributed by atoms with Gasteiger partial charge in [-0.15, -0.1) is 0 Å². The normalized spacial score (nSPS) is 34.6. The summed E-state index contributed by atoms with van der Waals surface area (Å²) in [5.74, 6) is 0.556. The molecule has 6 heteroatoms. The van der Waals surface area contributed by atoms with E-state index in [9.17, 15) is 10.1 Å². The number of methoxy groups -OCH3 is 2. The average molecular weight is 393 g/mol. The van der Waals surface area contributed by atoms with Crippen LogP contribution in [0.4, 0.5) is 5.69 Å². The number of ether oxygens (including phenoxy) is 2. The molecule has 1 N–H and O–H groups in total. The predicted molar refractivity (Wildman–Crippen MR) is 108 cm³/mol. The Balaban J connectivity index is 1.79. The molecule has 1 aromatic rings. The molecule has 0 amide bonds. The molecule has 1 aliphatic carbocycles. The van der Waals surface area contributed by atoms with Gasteiger partial charge in [0, 0.05) is 30.0 Å². The molecule has 152 valence electrons. The van der Waals surface area contributed by atoms with Gasteiger partial charge in [-0.3, -0.25) is 4.90 Å². The molecule has 2 fully saturated rings. The predicted octanol–water partition coefficient (Wildman–Crippen LogP) is 3.35. The van der Waals surface area contributed by atoms with Crippen LogP contribution in [-0.2, 0) is 14.9 Å². The van der Waals surface area contributed by atoms with Crippen molar-refractivity contribution in [1.29, 1.82) is 5.26 Å². The summed E-state index contributed by atoms with van der Waals surface area (Å²) in [7, 11) is 3.13. The molecule has 0 radical (unpaired) electrons. The number of nitrogens with one attached hydrogen (secondary N) is 1. The fraction of sp³-hybridized carbons (Fsp3) is 0.565. The van der Waals surface area contributed by atoms with E-state index in [0.717, 1.165) is 54.9 Å². The van der Waals surface area contributed by atoms with E-state index in [2.05, 4.69) is 29.3 Å². The Hall–Kier alpha value is -2.52. The van der Waals surface area contributed by atoms with E-state index in [1.165, 1.54) is 12.7 Å². The lowest BCUT2D eigenvalue weighted by Crippen LogP contribution is -2.62. The van der Waals surface area contributed by atoms with Crippen LogP contribution in [0.15, 0.2) is 29.5 Å². The highest BCUT2D eigenvalue weighted by Gasteiger charge is 2.67. The van der Waals surface area contributed by atoms with E-state index in [0.29, 0.717) is 6.42 Å².